The minimum absolute atomic E-state index is 0.0700. The fraction of sp³-hybridized carbons (Fsp3) is 0.700. The van der Waals surface area contributed by atoms with E-state index in [1.165, 1.54) is 11.8 Å². The molecule has 3 nitrogen and oxygen atoms in total. The largest absolute Gasteiger partial charge is 0.480 e. The van der Waals surface area contributed by atoms with Crippen molar-refractivity contribution < 1.29 is 13.5 Å². The van der Waals surface area contributed by atoms with Gasteiger partial charge < -0.3 is 4.74 Å². The zero-order chi connectivity index (χ0) is 11.8. The Morgan fingerprint density at radius 3 is 2.13 bits per heavy atom. The Kier molecular flexibility index (Phi) is 3.02. The highest BCUT2D eigenvalue weighted by atomic mass is 19.3. The summed E-state index contributed by atoms with van der Waals surface area (Å²) in [6.45, 7) is 7.07. The summed E-state index contributed by atoms with van der Waals surface area (Å²) in [5.74, 6) is 0.264. The maximum atomic E-state index is 12.9. The van der Waals surface area contributed by atoms with Crippen LogP contribution in [-0.2, 0) is 5.54 Å². The predicted octanol–water partition coefficient (Wildman–Crippen LogP) is 2.89. The van der Waals surface area contributed by atoms with E-state index in [9.17, 15) is 8.78 Å². The molecule has 0 aliphatic heterocycles. The van der Waals surface area contributed by atoms with Crippen LogP contribution in [0, 0.1) is 6.92 Å². The number of methoxy groups -OCH3 is 1. The average molecular weight is 218 g/mol. The number of aromatic nitrogens is 2. The Morgan fingerprint density at radius 2 is 1.87 bits per heavy atom. The van der Waals surface area contributed by atoms with Crippen LogP contribution in [0.15, 0.2) is 0 Å². The summed E-state index contributed by atoms with van der Waals surface area (Å²) in [6.07, 6.45) is -2.54. The van der Waals surface area contributed by atoms with E-state index in [1.54, 1.807) is 6.92 Å². The number of hydrogen-bond acceptors (Lipinski definition) is 2. The normalized spacial score (nSPS) is 12.3. The highest BCUT2D eigenvalue weighted by Crippen LogP contribution is 2.32. The van der Waals surface area contributed by atoms with Crippen molar-refractivity contribution in [2.75, 3.05) is 7.11 Å². The molecule has 0 aliphatic rings. The first-order valence-corrected chi connectivity index (χ1v) is 4.71. The van der Waals surface area contributed by atoms with Crippen LogP contribution in [-0.4, -0.2) is 16.9 Å². The monoisotopic (exact) mass is 218 g/mol. The van der Waals surface area contributed by atoms with Crippen LogP contribution in [0.5, 0.6) is 5.88 Å². The van der Waals surface area contributed by atoms with Crippen molar-refractivity contribution in [3.8, 4) is 5.88 Å². The molecule has 0 radical (unpaired) electrons. The van der Waals surface area contributed by atoms with Crippen molar-refractivity contribution in [3.05, 3.63) is 11.3 Å². The van der Waals surface area contributed by atoms with E-state index < -0.39 is 12.0 Å². The molecule has 1 heterocycles. The second-order valence-corrected chi connectivity index (χ2v) is 4.40. The third-order valence-electron chi connectivity index (χ3n) is 2.16. The Balaban J connectivity index is 3.38. The second kappa shape index (κ2) is 3.79. The summed E-state index contributed by atoms with van der Waals surface area (Å²) < 4.78 is 32.0. The molecule has 0 fully saturated rings. The van der Waals surface area contributed by atoms with Crippen molar-refractivity contribution in [1.82, 2.24) is 9.78 Å². The molecule has 15 heavy (non-hydrogen) atoms. The van der Waals surface area contributed by atoms with Gasteiger partial charge in [-0.3, -0.25) is 4.68 Å². The SMILES string of the molecule is COc1nn(C(C)(C)C)c(C(F)F)c1C. The molecule has 0 saturated heterocycles. The van der Waals surface area contributed by atoms with Gasteiger partial charge in [-0.1, -0.05) is 0 Å². The van der Waals surface area contributed by atoms with Crippen LogP contribution in [0.2, 0.25) is 0 Å². The molecule has 0 bridgehead atoms. The Hall–Kier alpha value is -1.13. The molecule has 0 amide bonds. The van der Waals surface area contributed by atoms with Gasteiger partial charge in [-0.05, 0) is 27.7 Å². The average Bonchev–Trinajstić information content (AvgIpc) is 2.41. The third kappa shape index (κ3) is 2.11. The fourth-order valence-electron chi connectivity index (χ4n) is 1.45. The molecule has 5 heteroatoms. The Morgan fingerprint density at radius 1 is 1.33 bits per heavy atom. The van der Waals surface area contributed by atoms with Gasteiger partial charge in [0.2, 0.25) is 5.88 Å². The maximum Gasteiger partial charge on any atom is 0.280 e. The summed E-state index contributed by atoms with van der Waals surface area (Å²) in [4.78, 5) is 0. The standard InChI is InChI=1S/C10H16F2N2O/c1-6-7(8(11)12)14(10(2,3)4)13-9(6)15-5/h8H,1-5H3. The molecule has 0 aromatic carbocycles. The third-order valence-corrected chi connectivity index (χ3v) is 2.16. The van der Waals surface area contributed by atoms with Gasteiger partial charge in [-0.15, -0.1) is 5.10 Å². The van der Waals surface area contributed by atoms with Crippen LogP contribution in [0.25, 0.3) is 0 Å². The highest BCUT2D eigenvalue weighted by molar-refractivity contribution is 5.31. The molecular formula is C10H16F2N2O. The van der Waals surface area contributed by atoms with E-state index in [0.717, 1.165) is 0 Å². The molecule has 0 unspecified atom stereocenters. The highest BCUT2D eigenvalue weighted by Gasteiger charge is 2.28. The number of alkyl halides is 2. The van der Waals surface area contributed by atoms with Crippen molar-refractivity contribution in [2.45, 2.75) is 39.7 Å². The van der Waals surface area contributed by atoms with E-state index in [0.29, 0.717) is 5.56 Å². The lowest BCUT2D eigenvalue weighted by Gasteiger charge is -2.22. The van der Waals surface area contributed by atoms with E-state index >= 15 is 0 Å². The van der Waals surface area contributed by atoms with E-state index in [2.05, 4.69) is 5.10 Å². The molecule has 0 aliphatic carbocycles. The zero-order valence-corrected chi connectivity index (χ0v) is 9.64. The molecule has 1 aromatic rings. The summed E-state index contributed by atoms with van der Waals surface area (Å²) in [6, 6.07) is 0. The quantitative estimate of drug-likeness (QED) is 0.763. The summed E-state index contributed by atoms with van der Waals surface area (Å²) in [5, 5.41) is 4.04. The van der Waals surface area contributed by atoms with E-state index in [4.69, 9.17) is 4.74 Å². The predicted molar refractivity (Wildman–Crippen MR) is 53.5 cm³/mol. The van der Waals surface area contributed by atoms with Crippen molar-refractivity contribution >= 4 is 0 Å². The first-order valence-electron chi connectivity index (χ1n) is 4.71. The summed E-state index contributed by atoms with van der Waals surface area (Å²) in [5.41, 5.74) is -0.144. The first kappa shape index (κ1) is 11.9. The number of rotatable bonds is 2. The van der Waals surface area contributed by atoms with Crippen LogP contribution < -0.4 is 4.74 Å². The van der Waals surface area contributed by atoms with Gasteiger partial charge in [-0.2, -0.15) is 0 Å². The number of hydrogen-bond donors (Lipinski definition) is 0. The van der Waals surface area contributed by atoms with Gasteiger partial charge >= 0.3 is 0 Å². The minimum Gasteiger partial charge on any atom is -0.480 e. The molecule has 1 aromatic heterocycles. The Labute approximate surface area is 88.0 Å². The lowest BCUT2D eigenvalue weighted by molar-refractivity contribution is 0.129. The smallest absolute Gasteiger partial charge is 0.280 e. The van der Waals surface area contributed by atoms with Crippen LogP contribution in [0.4, 0.5) is 8.78 Å². The molecule has 0 N–H and O–H groups in total. The van der Waals surface area contributed by atoms with E-state index in [1.807, 2.05) is 20.8 Å². The summed E-state index contributed by atoms with van der Waals surface area (Å²) >= 11 is 0. The minimum atomic E-state index is -2.54. The topological polar surface area (TPSA) is 27.1 Å². The maximum absolute atomic E-state index is 12.9. The lowest BCUT2D eigenvalue weighted by Crippen LogP contribution is -2.25. The van der Waals surface area contributed by atoms with Crippen LogP contribution in [0.3, 0.4) is 0 Å². The van der Waals surface area contributed by atoms with Crippen LogP contribution in [0.1, 0.15) is 38.5 Å². The lowest BCUT2D eigenvalue weighted by atomic mass is 10.1. The van der Waals surface area contributed by atoms with Gasteiger partial charge in [0.15, 0.2) is 0 Å². The van der Waals surface area contributed by atoms with Gasteiger partial charge in [0.1, 0.15) is 5.69 Å². The van der Waals surface area contributed by atoms with Gasteiger partial charge in [0, 0.05) is 5.56 Å². The van der Waals surface area contributed by atoms with Crippen LogP contribution >= 0.6 is 0 Å². The molecular weight excluding hydrogens is 202 g/mol. The summed E-state index contributed by atoms with van der Waals surface area (Å²) in [7, 11) is 1.43. The fourth-order valence-corrected chi connectivity index (χ4v) is 1.45. The molecule has 0 saturated carbocycles. The molecule has 86 valence electrons. The molecule has 1 rings (SSSR count). The Bertz CT molecular complexity index is 353. The van der Waals surface area contributed by atoms with Gasteiger partial charge in [-0.25, -0.2) is 8.78 Å². The van der Waals surface area contributed by atoms with Crippen molar-refractivity contribution in [2.24, 2.45) is 0 Å². The van der Waals surface area contributed by atoms with Crippen molar-refractivity contribution in [3.63, 3.8) is 0 Å². The number of halogens is 2. The number of nitrogens with zero attached hydrogens (tertiary/aromatic N) is 2. The molecule has 0 spiro atoms. The van der Waals surface area contributed by atoms with E-state index in [-0.39, 0.29) is 11.6 Å². The second-order valence-electron chi connectivity index (χ2n) is 4.40. The van der Waals surface area contributed by atoms with Gasteiger partial charge in [0.25, 0.3) is 6.43 Å². The van der Waals surface area contributed by atoms with Gasteiger partial charge in [0.05, 0.1) is 12.6 Å². The zero-order valence-electron chi connectivity index (χ0n) is 9.64. The first-order chi connectivity index (χ1) is 6.79. The molecule has 0 atom stereocenters. The number of ether oxygens (including phenoxy) is 1. The van der Waals surface area contributed by atoms with Crippen molar-refractivity contribution in [1.29, 1.82) is 0 Å².